The number of carbonyl (C=O) groups is 1. The van der Waals surface area contributed by atoms with E-state index in [1.165, 1.54) is 23.9 Å². The topological polar surface area (TPSA) is 71.8 Å². The smallest absolute Gasteiger partial charge is 0.240 e. The zero-order chi connectivity index (χ0) is 22.1. The predicted molar refractivity (Wildman–Crippen MR) is 123 cm³/mol. The Kier molecular flexibility index (Phi) is 5.36. The molecule has 4 aromatic rings. The fourth-order valence-corrected chi connectivity index (χ4v) is 4.68. The van der Waals surface area contributed by atoms with Crippen LogP contribution in [-0.4, -0.2) is 26.0 Å². The molecule has 1 amide bonds. The number of rotatable bonds is 4. The van der Waals surface area contributed by atoms with Gasteiger partial charge in [-0.3, -0.25) is 4.79 Å². The van der Waals surface area contributed by atoms with Gasteiger partial charge < -0.3 is 10.7 Å². The van der Waals surface area contributed by atoms with E-state index in [0.29, 0.717) is 16.7 Å². The van der Waals surface area contributed by atoms with E-state index in [1.807, 2.05) is 66.2 Å². The largest absolute Gasteiger partial charge is 0.325 e. The summed E-state index contributed by atoms with van der Waals surface area (Å²) >= 11 is 1.35. The van der Waals surface area contributed by atoms with Crippen molar-refractivity contribution in [3.63, 3.8) is 0 Å². The second-order valence-corrected chi connectivity index (χ2v) is 8.67. The first-order chi connectivity index (χ1) is 15.6. The third kappa shape index (κ3) is 3.97. The maximum Gasteiger partial charge on any atom is 0.240 e. The minimum absolute atomic E-state index is 0.199. The number of aryl methyl sites for hydroxylation is 1. The number of amides is 1. The van der Waals surface area contributed by atoms with Crippen LogP contribution < -0.4 is 10.7 Å². The maximum absolute atomic E-state index is 13.3. The summed E-state index contributed by atoms with van der Waals surface area (Å²) in [5, 5.41) is 11.7. The lowest BCUT2D eigenvalue weighted by atomic mass is 10.0. The molecule has 0 spiro atoms. The third-order valence-electron chi connectivity index (χ3n) is 5.28. The van der Waals surface area contributed by atoms with Crippen LogP contribution in [0.15, 0.2) is 84.0 Å². The Bertz CT molecular complexity index is 1240. The molecule has 2 N–H and O–H groups in total. The van der Waals surface area contributed by atoms with Crippen LogP contribution in [0.25, 0.3) is 11.4 Å². The minimum Gasteiger partial charge on any atom is -0.325 e. The molecule has 32 heavy (non-hydrogen) atoms. The van der Waals surface area contributed by atoms with Gasteiger partial charge in [0.1, 0.15) is 11.1 Å². The Morgan fingerprint density at radius 1 is 1.00 bits per heavy atom. The van der Waals surface area contributed by atoms with Crippen molar-refractivity contribution in [2.45, 2.75) is 23.4 Å². The minimum atomic E-state index is -0.511. The number of carbonyl (C=O) groups excluding carboxylic acids is 1. The number of nitrogens with one attached hydrogen (secondary N) is 2. The number of fused-ring (bicyclic) bond motifs is 1. The average Bonchev–Trinajstić information content (AvgIpc) is 3.24. The zero-order valence-electron chi connectivity index (χ0n) is 17.2. The molecule has 2 atom stereocenters. The van der Waals surface area contributed by atoms with Crippen LogP contribution in [0, 0.1) is 12.7 Å². The van der Waals surface area contributed by atoms with E-state index in [0.717, 1.165) is 16.7 Å². The molecule has 0 aliphatic carbocycles. The van der Waals surface area contributed by atoms with E-state index in [1.54, 1.807) is 12.1 Å². The summed E-state index contributed by atoms with van der Waals surface area (Å²) in [6.45, 7) is 2.02. The summed E-state index contributed by atoms with van der Waals surface area (Å²) in [6, 6.07) is 23.3. The summed E-state index contributed by atoms with van der Waals surface area (Å²) in [4.78, 5) is 13.3. The van der Waals surface area contributed by atoms with Crippen LogP contribution >= 0.6 is 11.8 Å². The Hall–Kier alpha value is -3.65. The van der Waals surface area contributed by atoms with Crippen molar-refractivity contribution in [1.82, 2.24) is 14.9 Å². The molecule has 0 bridgehead atoms. The molecule has 6 nitrogen and oxygen atoms in total. The normalized spacial score (nSPS) is 17.3. The number of anilines is 1. The molecule has 1 aromatic heterocycles. The highest BCUT2D eigenvalue weighted by Crippen LogP contribution is 2.39. The van der Waals surface area contributed by atoms with Gasteiger partial charge in [0, 0.05) is 11.3 Å². The van der Waals surface area contributed by atoms with Crippen LogP contribution in [0.1, 0.15) is 17.2 Å². The predicted octanol–water partition coefficient (Wildman–Crippen LogP) is 4.79. The van der Waals surface area contributed by atoms with Gasteiger partial charge in [0.25, 0.3) is 0 Å². The molecular formula is C24H20FN5OS. The standard InChI is InChI=1S/C24H20FN5OS/c1-15-7-9-16(10-8-15)20-21(23(31)26-19-13-11-18(25)12-14-19)32-24-28-27-22(30(24)29-20)17-5-3-2-4-6-17/h2-14,20-21,29H,1H3,(H,26,31)/t20-,21-/m0/s1. The van der Waals surface area contributed by atoms with Crippen molar-refractivity contribution in [2.75, 3.05) is 10.7 Å². The molecule has 1 aliphatic heterocycles. The van der Waals surface area contributed by atoms with E-state index in [-0.39, 0.29) is 17.8 Å². The second kappa shape index (κ2) is 8.47. The van der Waals surface area contributed by atoms with Crippen LogP contribution in [0.4, 0.5) is 10.1 Å². The highest BCUT2D eigenvalue weighted by atomic mass is 32.2. The average molecular weight is 446 g/mol. The van der Waals surface area contributed by atoms with Gasteiger partial charge in [-0.15, -0.1) is 10.2 Å². The van der Waals surface area contributed by atoms with E-state index >= 15 is 0 Å². The van der Waals surface area contributed by atoms with Gasteiger partial charge in [-0.05, 0) is 36.8 Å². The number of aromatic nitrogens is 3. The molecule has 2 heterocycles. The SMILES string of the molecule is Cc1ccc([C@@H]2Nn3c(nnc3-c3ccccc3)S[C@@H]2C(=O)Nc2ccc(F)cc2)cc1. The molecule has 0 saturated heterocycles. The van der Waals surface area contributed by atoms with Gasteiger partial charge in [0.05, 0.1) is 6.04 Å². The second-order valence-electron chi connectivity index (χ2n) is 7.56. The van der Waals surface area contributed by atoms with Gasteiger partial charge in [-0.2, -0.15) is 0 Å². The molecule has 0 radical (unpaired) electrons. The fraction of sp³-hybridized carbons (Fsp3) is 0.125. The molecule has 0 unspecified atom stereocenters. The van der Waals surface area contributed by atoms with Gasteiger partial charge in [0.2, 0.25) is 11.1 Å². The Morgan fingerprint density at radius 3 is 2.44 bits per heavy atom. The van der Waals surface area contributed by atoms with Crippen LogP contribution in [0.5, 0.6) is 0 Å². The number of hydrogen-bond acceptors (Lipinski definition) is 5. The molecular weight excluding hydrogens is 425 g/mol. The van der Waals surface area contributed by atoms with E-state index in [2.05, 4.69) is 20.9 Å². The maximum atomic E-state index is 13.3. The zero-order valence-corrected chi connectivity index (χ0v) is 18.0. The van der Waals surface area contributed by atoms with Gasteiger partial charge >= 0.3 is 0 Å². The monoisotopic (exact) mass is 445 g/mol. The molecule has 1 aliphatic rings. The Labute approximate surface area is 188 Å². The van der Waals surface area contributed by atoms with Crippen LogP contribution in [-0.2, 0) is 4.79 Å². The number of nitrogens with zero attached hydrogens (tertiary/aromatic N) is 3. The first-order valence-electron chi connectivity index (χ1n) is 10.2. The molecule has 5 rings (SSSR count). The summed E-state index contributed by atoms with van der Waals surface area (Å²) in [7, 11) is 0. The first kappa shape index (κ1) is 20.3. The summed E-state index contributed by atoms with van der Waals surface area (Å²) in [5.74, 6) is 0.133. The fourth-order valence-electron chi connectivity index (χ4n) is 3.60. The van der Waals surface area contributed by atoms with E-state index < -0.39 is 5.25 Å². The highest BCUT2D eigenvalue weighted by Gasteiger charge is 2.38. The van der Waals surface area contributed by atoms with Crippen molar-refractivity contribution >= 4 is 23.4 Å². The van der Waals surface area contributed by atoms with Crippen molar-refractivity contribution in [3.8, 4) is 11.4 Å². The molecule has 8 heteroatoms. The Morgan fingerprint density at radius 2 is 1.72 bits per heavy atom. The highest BCUT2D eigenvalue weighted by molar-refractivity contribution is 8.00. The van der Waals surface area contributed by atoms with Crippen molar-refractivity contribution in [2.24, 2.45) is 0 Å². The lowest BCUT2D eigenvalue weighted by molar-refractivity contribution is -0.116. The van der Waals surface area contributed by atoms with E-state index in [4.69, 9.17) is 0 Å². The summed E-state index contributed by atoms with van der Waals surface area (Å²) in [6.07, 6.45) is 0. The number of halogens is 1. The number of thioether (sulfide) groups is 1. The molecule has 0 fully saturated rings. The van der Waals surface area contributed by atoms with Gasteiger partial charge in [0.15, 0.2) is 5.82 Å². The Balaban J connectivity index is 1.50. The lowest BCUT2D eigenvalue weighted by Gasteiger charge is -2.33. The number of benzene rings is 3. The number of hydrogen-bond donors (Lipinski definition) is 2. The van der Waals surface area contributed by atoms with E-state index in [9.17, 15) is 9.18 Å². The summed E-state index contributed by atoms with van der Waals surface area (Å²) in [5.41, 5.74) is 7.03. The molecule has 3 aromatic carbocycles. The van der Waals surface area contributed by atoms with Crippen LogP contribution in [0.2, 0.25) is 0 Å². The van der Waals surface area contributed by atoms with Crippen LogP contribution in [0.3, 0.4) is 0 Å². The molecule has 160 valence electrons. The lowest BCUT2D eigenvalue weighted by Crippen LogP contribution is -2.41. The summed E-state index contributed by atoms with van der Waals surface area (Å²) < 4.78 is 15.1. The first-order valence-corrected chi connectivity index (χ1v) is 11.0. The quantitative estimate of drug-likeness (QED) is 0.473. The third-order valence-corrected chi connectivity index (χ3v) is 6.49. The molecule has 0 saturated carbocycles. The van der Waals surface area contributed by atoms with Gasteiger partial charge in [-0.25, -0.2) is 9.07 Å². The van der Waals surface area contributed by atoms with Crippen molar-refractivity contribution in [1.29, 1.82) is 0 Å². The van der Waals surface area contributed by atoms with Crippen molar-refractivity contribution < 1.29 is 9.18 Å². The van der Waals surface area contributed by atoms with Crippen molar-refractivity contribution in [3.05, 3.63) is 95.8 Å². The van der Waals surface area contributed by atoms with Gasteiger partial charge in [-0.1, -0.05) is 71.9 Å².